The molecule has 1 aromatic rings. The van der Waals surface area contributed by atoms with Crippen molar-refractivity contribution in [2.75, 3.05) is 40.8 Å². The molecule has 0 spiro atoms. The molecular formula is C15H29N3O. The topological polar surface area (TPSA) is 31.6 Å². The molecule has 4 heteroatoms. The lowest BCUT2D eigenvalue weighted by Crippen LogP contribution is -2.28. The summed E-state index contributed by atoms with van der Waals surface area (Å²) in [5.74, 6) is 2.10. The monoisotopic (exact) mass is 267 g/mol. The molecule has 19 heavy (non-hydrogen) atoms. The fraction of sp³-hybridized carbons (Fsp3) is 0.733. The van der Waals surface area contributed by atoms with E-state index in [4.69, 9.17) is 4.42 Å². The Labute approximate surface area is 117 Å². The van der Waals surface area contributed by atoms with Gasteiger partial charge in [-0.25, -0.2) is 0 Å². The van der Waals surface area contributed by atoms with E-state index in [1.54, 1.807) is 0 Å². The second-order valence-electron chi connectivity index (χ2n) is 5.51. The van der Waals surface area contributed by atoms with Gasteiger partial charge < -0.3 is 14.6 Å². The molecule has 0 atom stereocenters. The molecule has 0 aliphatic heterocycles. The standard InChI is InChI=1S/C15H29N3O/c1-6-7-16-11-14-10-15(19-13(14)2)12-18(5)9-8-17(3)4/h10,16H,6-9,11-12H2,1-5H3. The molecule has 0 aliphatic carbocycles. The Hall–Kier alpha value is -0.840. The summed E-state index contributed by atoms with van der Waals surface area (Å²) in [7, 11) is 6.33. The van der Waals surface area contributed by atoms with Crippen LogP contribution >= 0.6 is 0 Å². The van der Waals surface area contributed by atoms with E-state index < -0.39 is 0 Å². The van der Waals surface area contributed by atoms with Crippen molar-refractivity contribution in [3.05, 3.63) is 23.2 Å². The Balaban J connectivity index is 2.43. The van der Waals surface area contributed by atoms with Gasteiger partial charge in [-0.15, -0.1) is 0 Å². The number of furan rings is 1. The lowest BCUT2D eigenvalue weighted by atomic mass is 10.2. The first-order valence-corrected chi connectivity index (χ1v) is 7.15. The van der Waals surface area contributed by atoms with Gasteiger partial charge in [-0.2, -0.15) is 0 Å². The van der Waals surface area contributed by atoms with E-state index in [0.717, 1.165) is 50.7 Å². The largest absolute Gasteiger partial charge is 0.465 e. The first kappa shape index (κ1) is 16.2. The van der Waals surface area contributed by atoms with Crippen LogP contribution in [0.4, 0.5) is 0 Å². The van der Waals surface area contributed by atoms with E-state index in [1.807, 2.05) is 6.92 Å². The van der Waals surface area contributed by atoms with Gasteiger partial charge in [-0.3, -0.25) is 4.90 Å². The SMILES string of the molecule is CCCNCc1cc(CN(C)CCN(C)C)oc1C. The maximum atomic E-state index is 5.83. The molecule has 0 saturated heterocycles. The van der Waals surface area contributed by atoms with Crippen molar-refractivity contribution in [3.63, 3.8) is 0 Å². The summed E-state index contributed by atoms with van der Waals surface area (Å²) in [6, 6.07) is 2.18. The Morgan fingerprint density at radius 3 is 2.58 bits per heavy atom. The number of hydrogen-bond donors (Lipinski definition) is 1. The Morgan fingerprint density at radius 2 is 1.95 bits per heavy atom. The third kappa shape index (κ3) is 6.23. The van der Waals surface area contributed by atoms with E-state index in [9.17, 15) is 0 Å². The summed E-state index contributed by atoms with van der Waals surface area (Å²) >= 11 is 0. The zero-order valence-electron chi connectivity index (χ0n) is 13.1. The maximum absolute atomic E-state index is 5.83. The highest BCUT2D eigenvalue weighted by molar-refractivity contribution is 5.20. The van der Waals surface area contributed by atoms with Gasteiger partial charge in [0.25, 0.3) is 0 Å². The van der Waals surface area contributed by atoms with Crippen molar-refractivity contribution >= 4 is 0 Å². The van der Waals surface area contributed by atoms with Crippen molar-refractivity contribution in [3.8, 4) is 0 Å². The molecule has 1 rings (SSSR count). The Kier molecular flexibility index (Phi) is 7.13. The zero-order valence-corrected chi connectivity index (χ0v) is 13.1. The van der Waals surface area contributed by atoms with Gasteiger partial charge >= 0.3 is 0 Å². The van der Waals surface area contributed by atoms with E-state index in [1.165, 1.54) is 5.56 Å². The number of rotatable bonds is 9. The Morgan fingerprint density at radius 1 is 1.21 bits per heavy atom. The minimum absolute atomic E-state index is 0.877. The molecule has 0 bridgehead atoms. The van der Waals surface area contributed by atoms with Crippen LogP contribution in [0.15, 0.2) is 10.5 Å². The summed E-state index contributed by atoms with van der Waals surface area (Å²) in [6.45, 7) is 9.19. The quantitative estimate of drug-likeness (QED) is 0.694. The third-order valence-corrected chi connectivity index (χ3v) is 3.17. The predicted octanol–water partition coefficient (Wildman–Crippen LogP) is 2.08. The summed E-state index contributed by atoms with van der Waals surface area (Å²) in [4.78, 5) is 4.49. The van der Waals surface area contributed by atoms with Crippen molar-refractivity contribution < 1.29 is 4.42 Å². The van der Waals surface area contributed by atoms with Crippen LogP contribution in [0.25, 0.3) is 0 Å². The van der Waals surface area contributed by atoms with Crippen LogP contribution < -0.4 is 5.32 Å². The zero-order chi connectivity index (χ0) is 14.3. The summed E-state index contributed by atoms with van der Waals surface area (Å²) in [6.07, 6.45) is 1.16. The van der Waals surface area contributed by atoms with E-state index in [0.29, 0.717) is 0 Å². The van der Waals surface area contributed by atoms with Crippen molar-refractivity contribution in [2.45, 2.75) is 33.4 Å². The number of aryl methyl sites for hydroxylation is 1. The summed E-state index contributed by atoms with van der Waals surface area (Å²) in [5, 5.41) is 3.42. The van der Waals surface area contributed by atoms with E-state index in [-0.39, 0.29) is 0 Å². The number of hydrogen-bond acceptors (Lipinski definition) is 4. The van der Waals surface area contributed by atoms with Gasteiger partial charge in [0.2, 0.25) is 0 Å². The molecule has 0 fully saturated rings. The second kappa shape index (κ2) is 8.35. The van der Waals surface area contributed by atoms with Gasteiger partial charge in [0.1, 0.15) is 11.5 Å². The van der Waals surface area contributed by atoms with Crippen LogP contribution in [-0.2, 0) is 13.1 Å². The minimum Gasteiger partial charge on any atom is -0.465 e. The summed E-state index contributed by atoms with van der Waals surface area (Å²) in [5.41, 5.74) is 1.28. The highest BCUT2D eigenvalue weighted by Gasteiger charge is 2.09. The molecule has 110 valence electrons. The van der Waals surface area contributed by atoms with Crippen molar-refractivity contribution in [1.82, 2.24) is 15.1 Å². The van der Waals surface area contributed by atoms with Crippen LogP contribution in [0.1, 0.15) is 30.4 Å². The molecule has 0 saturated carbocycles. The lowest BCUT2D eigenvalue weighted by Gasteiger charge is -2.17. The van der Waals surface area contributed by atoms with E-state index >= 15 is 0 Å². The molecule has 0 aliphatic rings. The molecule has 1 heterocycles. The van der Waals surface area contributed by atoms with Crippen LogP contribution in [0.5, 0.6) is 0 Å². The van der Waals surface area contributed by atoms with Gasteiger partial charge in [-0.1, -0.05) is 6.92 Å². The number of nitrogens with zero attached hydrogens (tertiary/aromatic N) is 2. The van der Waals surface area contributed by atoms with Gasteiger partial charge in [0.15, 0.2) is 0 Å². The van der Waals surface area contributed by atoms with Crippen LogP contribution in [0.2, 0.25) is 0 Å². The predicted molar refractivity (Wildman–Crippen MR) is 80.3 cm³/mol. The molecule has 1 aromatic heterocycles. The first-order valence-electron chi connectivity index (χ1n) is 7.15. The van der Waals surface area contributed by atoms with Crippen molar-refractivity contribution in [2.24, 2.45) is 0 Å². The van der Waals surface area contributed by atoms with Gasteiger partial charge in [-0.05, 0) is 47.1 Å². The maximum Gasteiger partial charge on any atom is 0.118 e. The molecule has 0 aromatic carbocycles. The Bertz CT molecular complexity index is 360. The highest BCUT2D eigenvalue weighted by atomic mass is 16.3. The fourth-order valence-electron chi connectivity index (χ4n) is 1.96. The second-order valence-corrected chi connectivity index (χ2v) is 5.51. The van der Waals surface area contributed by atoms with Crippen LogP contribution in [0.3, 0.4) is 0 Å². The minimum atomic E-state index is 0.877. The average Bonchev–Trinajstić information content (AvgIpc) is 2.67. The molecule has 1 N–H and O–H groups in total. The number of likely N-dealkylation sites (N-methyl/N-ethyl adjacent to an activating group) is 2. The van der Waals surface area contributed by atoms with Crippen LogP contribution in [-0.4, -0.2) is 50.6 Å². The van der Waals surface area contributed by atoms with Crippen LogP contribution in [0, 0.1) is 6.92 Å². The first-order chi connectivity index (χ1) is 9.02. The molecule has 0 amide bonds. The smallest absolute Gasteiger partial charge is 0.118 e. The fourth-order valence-corrected chi connectivity index (χ4v) is 1.96. The number of nitrogens with one attached hydrogen (secondary N) is 1. The molecule has 0 unspecified atom stereocenters. The molecule has 0 radical (unpaired) electrons. The van der Waals surface area contributed by atoms with Gasteiger partial charge in [0.05, 0.1) is 6.54 Å². The third-order valence-electron chi connectivity index (χ3n) is 3.17. The lowest BCUT2D eigenvalue weighted by molar-refractivity contribution is 0.257. The van der Waals surface area contributed by atoms with Gasteiger partial charge in [0, 0.05) is 25.2 Å². The normalized spacial score (nSPS) is 11.7. The highest BCUT2D eigenvalue weighted by Crippen LogP contribution is 2.15. The van der Waals surface area contributed by atoms with Crippen molar-refractivity contribution in [1.29, 1.82) is 0 Å². The van der Waals surface area contributed by atoms with E-state index in [2.05, 4.69) is 49.2 Å². The molecule has 4 nitrogen and oxygen atoms in total. The summed E-state index contributed by atoms with van der Waals surface area (Å²) < 4.78 is 5.83. The molecular weight excluding hydrogens is 238 g/mol. The average molecular weight is 267 g/mol.